The molecule has 0 unspecified atom stereocenters. The van der Waals surface area contributed by atoms with Crippen LogP contribution in [0.4, 0.5) is 0 Å². The molecule has 1 N–H and O–H groups in total. The number of nitriles is 1. The molecule has 0 spiro atoms. The highest BCUT2D eigenvalue weighted by atomic mass is 35.5. The number of carbonyl (C=O) groups excluding carboxylic acids is 1. The van der Waals surface area contributed by atoms with Crippen LogP contribution in [-0.4, -0.2) is 13.0 Å². The van der Waals surface area contributed by atoms with Gasteiger partial charge in [-0.2, -0.15) is 5.26 Å². The molecule has 0 saturated carbocycles. The van der Waals surface area contributed by atoms with E-state index < -0.39 is 0 Å². The largest absolute Gasteiger partial charge is 0.495 e. The zero-order chi connectivity index (χ0) is 19.4. The van der Waals surface area contributed by atoms with E-state index in [-0.39, 0.29) is 18.2 Å². The first-order valence-electron chi connectivity index (χ1n) is 8.17. The summed E-state index contributed by atoms with van der Waals surface area (Å²) in [7, 11) is 1.54. The highest BCUT2D eigenvalue weighted by Gasteiger charge is 2.30. The number of carbonyl (C=O) groups is 1. The van der Waals surface area contributed by atoms with Crippen molar-refractivity contribution < 1.29 is 9.53 Å². The molecule has 0 saturated heterocycles. The molecule has 1 aliphatic rings. The number of rotatable bonds is 5. The fourth-order valence-electron chi connectivity index (χ4n) is 2.88. The zero-order valence-corrected chi connectivity index (χ0v) is 16.8. The van der Waals surface area contributed by atoms with Crippen molar-refractivity contribution in [3.63, 3.8) is 0 Å². The highest BCUT2D eigenvalue weighted by Crippen LogP contribution is 2.39. The van der Waals surface area contributed by atoms with Crippen LogP contribution in [0.1, 0.15) is 23.5 Å². The van der Waals surface area contributed by atoms with Crippen molar-refractivity contribution in [3.8, 4) is 11.8 Å². The lowest BCUT2D eigenvalue weighted by Crippen LogP contribution is -2.30. The molecule has 0 radical (unpaired) electrons. The van der Waals surface area contributed by atoms with E-state index in [4.69, 9.17) is 27.9 Å². The van der Waals surface area contributed by atoms with E-state index in [0.717, 1.165) is 11.1 Å². The fraction of sp³-hybridized carbons (Fsp3) is 0.200. The van der Waals surface area contributed by atoms with E-state index in [9.17, 15) is 10.1 Å². The number of halogens is 2. The molecule has 1 amide bonds. The summed E-state index contributed by atoms with van der Waals surface area (Å²) in [5.41, 5.74) is 2.27. The molecule has 138 valence electrons. The summed E-state index contributed by atoms with van der Waals surface area (Å²) in [5, 5.41) is 14.2. The van der Waals surface area contributed by atoms with Gasteiger partial charge in [-0.15, -0.1) is 11.8 Å². The standard InChI is InChI=1S/C20H16Cl2N2O2S/c1-26-18-7-6-12(8-17(18)22)14-9-19(25)24-20(15(14)10-23)27-11-13-4-2-3-5-16(13)21/h2-8,14H,9,11H2,1H3,(H,24,25)/t14-/m1/s1. The highest BCUT2D eigenvalue weighted by molar-refractivity contribution is 8.02. The molecule has 0 fully saturated rings. The van der Waals surface area contributed by atoms with Gasteiger partial charge < -0.3 is 10.1 Å². The minimum Gasteiger partial charge on any atom is -0.495 e. The Kier molecular flexibility index (Phi) is 6.33. The first-order chi connectivity index (χ1) is 13.0. The number of allylic oxidation sites excluding steroid dienone is 1. The number of hydrogen-bond donors (Lipinski definition) is 1. The van der Waals surface area contributed by atoms with Gasteiger partial charge in [-0.3, -0.25) is 4.79 Å². The van der Waals surface area contributed by atoms with E-state index >= 15 is 0 Å². The second-order valence-electron chi connectivity index (χ2n) is 5.93. The molecule has 2 aromatic rings. The third-order valence-corrected chi connectivity index (χ3v) is 5.99. The number of hydrogen-bond acceptors (Lipinski definition) is 4. The number of nitrogens with one attached hydrogen (secondary N) is 1. The van der Waals surface area contributed by atoms with Crippen LogP contribution in [0.25, 0.3) is 0 Å². The summed E-state index contributed by atoms with van der Waals surface area (Å²) in [4.78, 5) is 12.3. The van der Waals surface area contributed by atoms with Crippen molar-refractivity contribution >= 4 is 40.9 Å². The van der Waals surface area contributed by atoms with E-state index in [1.54, 1.807) is 19.2 Å². The quantitative estimate of drug-likeness (QED) is 0.717. The van der Waals surface area contributed by atoms with Crippen molar-refractivity contribution in [3.05, 3.63) is 74.2 Å². The van der Waals surface area contributed by atoms with E-state index in [0.29, 0.717) is 32.1 Å². The first-order valence-corrected chi connectivity index (χ1v) is 9.91. The number of benzene rings is 2. The van der Waals surface area contributed by atoms with Gasteiger partial charge in [0.05, 0.1) is 28.8 Å². The van der Waals surface area contributed by atoms with Gasteiger partial charge >= 0.3 is 0 Å². The molecule has 4 nitrogen and oxygen atoms in total. The molecule has 3 rings (SSSR count). The second-order valence-corrected chi connectivity index (χ2v) is 7.73. The number of thioether (sulfide) groups is 1. The van der Waals surface area contributed by atoms with E-state index in [2.05, 4.69) is 11.4 Å². The Bertz CT molecular complexity index is 953. The monoisotopic (exact) mass is 418 g/mol. The molecule has 2 aromatic carbocycles. The number of methoxy groups -OCH3 is 1. The Morgan fingerprint density at radius 1 is 1.26 bits per heavy atom. The van der Waals surface area contributed by atoms with Gasteiger partial charge in [0.25, 0.3) is 0 Å². The molecule has 27 heavy (non-hydrogen) atoms. The Labute approximate surface area is 172 Å². The van der Waals surface area contributed by atoms with Crippen LogP contribution in [0.3, 0.4) is 0 Å². The Morgan fingerprint density at radius 2 is 2.04 bits per heavy atom. The van der Waals surface area contributed by atoms with Gasteiger partial charge in [0.2, 0.25) is 5.91 Å². The van der Waals surface area contributed by atoms with Crippen LogP contribution < -0.4 is 10.1 Å². The summed E-state index contributed by atoms with van der Waals surface area (Å²) < 4.78 is 5.18. The van der Waals surface area contributed by atoms with E-state index in [1.165, 1.54) is 11.8 Å². The molecule has 0 aromatic heterocycles. The van der Waals surface area contributed by atoms with Crippen molar-refractivity contribution in [2.75, 3.05) is 7.11 Å². The molecule has 0 aliphatic carbocycles. The van der Waals surface area contributed by atoms with Gasteiger partial charge in [-0.1, -0.05) is 47.5 Å². The van der Waals surface area contributed by atoms with Crippen LogP contribution in [0, 0.1) is 11.3 Å². The van der Waals surface area contributed by atoms with Gasteiger partial charge in [0, 0.05) is 23.1 Å². The fourth-order valence-corrected chi connectivity index (χ4v) is 4.51. The molecular weight excluding hydrogens is 403 g/mol. The molecular formula is C20H16Cl2N2O2S. The van der Waals surface area contributed by atoms with Gasteiger partial charge in [0.1, 0.15) is 5.75 Å². The summed E-state index contributed by atoms with van der Waals surface area (Å²) in [5.74, 6) is 0.626. The third-order valence-electron chi connectivity index (χ3n) is 4.26. The van der Waals surface area contributed by atoms with Gasteiger partial charge in [-0.05, 0) is 29.3 Å². The van der Waals surface area contributed by atoms with Crippen LogP contribution in [0.2, 0.25) is 10.0 Å². The molecule has 1 heterocycles. The molecule has 1 aliphatic heterocycles. The van der Waals surface area contributed by atoms with Gasteiger partial charge in [0.15, 0.2) is 0 Å². The summed E-state index contributed by atoms with van der Waals surface area (Å²) >= 11 is 13.8. The predicted octanol–water partition coefficient (Wildman–Crippen LogP) is 5.27. The lowest BCUT2D eigenvalue weighted by atomic mass is 9.87. The van der Waals surface area contributed by atoms with Crippen LogP contribution >= 0.6 is 35.0 Å². The minimum atomic E-state index is -0.346. The Balaban J connectivity index is 1.91. The maximum Gasteiger partial charge on any atom is 0.225 e. The lowest BCUT2D eigenvalue weighted by molar-refractivity contribution is -0.120. The topological polar surface area (TPSA) is 62.1 Å². The molecule has 7 heteroatoms. The zero-order valence-electron chi connectivity index (χ0n) is 14.5. The minimum absolute atomic E-state index is 0.132. The van der Waals surface area contributed by atoms with Crippen molar-refractivity contribution in [2.24, 2.45) is 0 Å². The maximum absolute atomic E-state index is 12.3. The average Bonchev–Trinajstić information content (AvgIpc) is 2.66. The third kappa shape index (κ3) is 4.41. The van der Waals surface area contributed by atoms with Gasteiger partial charge in [-0.25, -0.2) is 0 Å². The normalized spacial score (nSPS) is 16.7. The second kappa shape index (κ2) is 8.71. The SMILES string of the molecule is COc1ccc([C@H]2CC(=O)NC(SCc3ccccc3Cl)=C2C#N)cc1Cl. The average molecular weight is 419 g/mol. The lowest BCUT2D eigenvalue weighted by Gasteiger charge is -2.25. The Morgan fingerprint density at radius 3 is 2.70 bits per heavy atom. The smallest absolute Gasteiger partial charge is 0.225 e. The maximum atomic E-state index is 12.3. The van der Waals surface area contributed by atoms with Crippen molar-refractivity contribution in [1.82, 2.24) is 5.32 Å². The van der Waals surface area contributed by atoms with Crippen LogP contribution in [0.5, 0.6) is 5.75 Å². The predicted molar refractivity (Wildman–Crippen MR) is 109 cm³/mol. The van der Waals surface area contributed by atoms with Crippen molar-refractivity contribution in [2.45, 2.75) is 18.1 Å². The molecule has 1 atom stereocenters. The number of amides is 1. The first kappa shape index (κ1) is 19.6. The number of nitrogens with zero attached hydrogens (tertiary/aromatic N) is 1. The van der Waals surface area contributed by atoms with Crippen molar-refractivity contribution in [1.29, 1.82) is 5.26 Å². The molecule has 0 bridgehead atoms. The summed E-state index contributed by atoms with van der Waals surface area (Å²) in [6.45, 7) is 0. The van der Waals surface area contributed by atoms with Crippen LogP contribution in [0.15, 0.2) is 53.1 Å². The van der Waals surface area contributed by atoms with E-state index in [1.807, 2.05) is 30.3 Å². The summed E-state index contributed by atoms with van der Waals surface area (Å²) in [6.07, 6.45) is 0.196. The van der Waals surface area contributed by atoms with Crippen LogP contribution in [-0.2, 0) is 10.5 Å². The number of ether oxygens (including phenoxy) is 1. The Hall–Kier alpha value is -2.13. The summed E-state index contributed by atoms with van der Waals surface area (Å²) in [6, 6.07) is 15.1.